The lowest BCUT2D eigenvalue weighted by Gasteiger charge is -2.27. The number of carbonyl (C=O) groups excluding carboxylic acids is 1. The zero-order valence-corrected chi connectivity index (χ0v) is 23.3. The molecular weight excluding hydrogens is 504 g/mol. The number of amides is 1. The monoisotopic (exact) mass is 544 g/mol. The molecule has 1 aliphatic heterocycles. The van der Waals surface area contributed by atoms with Crippen LogP contribution in [0.3, 0.4) is 0 Å². The molecule has 0 aliphatic carbocycles. The van der Waals surface area contributed by atoms with Crippen molar-refractivity contribution < 1.29 is 19.2 Å². The minimum absolute atomic E-state index is 0.393. The number of primary amides is 1. The van der Waals surface area contributed by atoms with E-state index in [0.29, 0.717) is 30.3 Å². The summed E-state index contributed by atoms with van der Waals surface area (Å²) in [5.41, 5.74) is 9.66. The van der Waals surface area contributed by atoms with Crippen molar-refractivity contribution in [2.75, 3.05) is 30.3 Å². The first-order chi connectivity index (χ1) is 17.8. The second-order valence-electron chi connectivity index (χ2n) is 9.86. The third-order valence-corrected chi connectivity index (χ3v) is 7.78. The predicted molar refractivity (Wildman–Crippen MR) is 156 cm³/mol. The highest BCUT2D eigenvalue weighted by molar-refractivity contribution is 8.25. The highest BCUT2D eigenvalue weighted by atomic mass is 32.8. The van der Waals surface area contributed by atoms with Crippen LogP contribution in [-0.4, -0.2) is 47.1 Å². The summed E-state index contributed by atoms with van der Waals surface area (Å²) in [5, 5.41) is 9.96. The van der Waals surface area contributed by atoms with E-state index in [1.165, 1.54) is 11.1 Å². The highest BCUT2D eigenvalue weighted by Crippen LogP contribution is 2.34. The molecular formula is C29H40N2O4S2. The number of hydrogen-bond donors (Lipinski definition) is 3. The maximum atomic E-state index is 11.8. The Morgan fingerprint density at radius 1 is 1.27 bits per heavy atom. The number of rotatable bonds is 14. The summed E-state index contributed by atoms with van der Waals surface area (Å²) in [4.78, 5) is 14.2. The standard InChI is InChI=1S/C29H40N2O4S2/c1-22-8-6-9-23(18-22)10-7-11-24-20-31(16-5-3-2-4-12-26(32)15-17-37(34)36)27-19-25(29(30)33)13-14-28(27)35-21-24/h4,6,8-9,12-14,18-19,24,26,32H,2-3,5,7,10-11,15-17,20-21H2,1H3,(H2,30,33)(H,34,36)/b12-4+. The molecule has 0 spiro atoms. The topological polar surface area (TPSA) is 96.0 Å². The fourth-order valence-electron chi connectivity index (χ4n) is 4.69. The van der Waals surface area contributed by atoms with Gasteiger partial charge in [-0.1, -0.05) is 42.0 Å². The molecule has 3 atom stereocenters. The summed E-state index contributed by atoms with van der Waals surface area (Å²) in [6.07, 6.45) is 9.77. The molecule has 0 radical (unpaired) electrons. The molecule has 1 amide bonds. The predicted octanol–water partition coefficient (Wildman–Crippen LogP) is 4.96. The highest BCUT2D eigenvalue weighted by Gasteiger charge is 2.23. The van der Waals surface area contributed by atoms with Crippen LogP contribution in [0, 0.1) is 12.8 Å². The first-order valence-electron chi connectivity index (χ1n) is 13.1. The molecule has 4 N–H and O–H groups in total. The first kappa shape index (κ1) is 29.3. The van der Waals surface area contributed by atoms with Crippen LogP contribution in [0.5, 0.6) is 5.75 Å². The Hall–Kier alpha value is -2.26. The van der Waals surface area contributed by atoms with Crippen molar-refractivity contribution in [3.8, 4) is 5.75 Å². The van der Waals surface area contributed by atoms with E-state index >= 15 is 0 Å². The average Bonchev–Trinajstić information content (AvgIpc) is 3.03. The molecule has 8 heteroatoms. The maximum absolute atomic E-state index is 11.8. The Kier molecular flexibility index (Phi) is 12.1. The van der Waals surface area contributed by atoms with Gasteiger partial charge in [-0.15, -0.1) is 0 Å². The molecule has 0 saturated heterocycles. The van der Waals surface area contributed by atoms with E-state index in [2.05, 4.69) is 36.1 Å². The van der Waals surface area contributed by atoms with Crippen LogP contribution in [0.1, 0.15) is 60.0 Å². The van der Waals surface area contributed by atoms with Gasteiger partial charge in [0.2, 0.25) is 5.91 Å². The molecule has 1 aliphatic rings. The third-order valence-electron chi connectivity index (χ3n) is 6.69. The number of unbranched alkanes of at least 4 members (excludes halogenated alkanes) is 2. The van der Waals surface area contributed by atoms with Gasteiger partial charge in [0.1, 0.15) is 5.75 Å². The molecule has 37 heavy (non-hydrogen) atoms. The first-order valence-corrected chi connectivity index (χ1v) is 15.4. The molecule has 6 nitrogen and oxygen atoms in total. The minimum atomic E-state index is -1.05. The minimum Gasteiger partial charge on any atom is -0.491 e. The summed E-state index contributed by atoms with van der Waals surface area (Å²) in [7, 11) is -1.05. The Morgan fingerprint density at radius 2 is 2.11 bits per heavy atom. The number of benzene rings is 2. The Labute approximate surface area is 228 Å². The number of nitrogens with two attached hydrogens (primary N) is 1. The lowest BCUT2D eigenvalue weighted by molar-refractivity contribution is 0.1000. The summed E-state index contributed by atoms with van der Waals surface area (Å²) in [6, 6.07) is 14.2. The third kappa shape index (κ3) is 10.2. The van der Waals surface area contributed by atoms with Crippen molar-refractivity contribution in [2.45, 2.75) is 58.0 Å². The van der Waals surface area contributed by atoms with Gasteiger partial charge in [0, 0.05) is 40.1 Å². The van der Waals surface area contributed by atoms with Gasteiger partial charge in [-0.05, 0) is 86.8 Å². The molecule has 2 aromatic carbocycles. The fourth-order valence-corrected chi connectivity index (χ4v) is 5.43. The van der Waals surface area contributed by atoms with Crippen LogP contribution in [-0.2, 0) is 27.3 Å². The van der Waals surface area contributed by atoms with Crippen LogP contribution >= 0.6 is 0 Å². The Bertz CT molecular complexity index is 1080. The summed E-state index contributed by atoms with van der Waals surface area (Å²) in [5.74, 6) is 1.20. The zero-order chi connectivity index (χ0) is 26.6. The Balaban J connectivity index is 1.57. The average molecular weight is 545 g/mol. The fraction of sp³-hybridized carbons (Fsp3) is 0.483. The quantitative estimate of drug-likeness (QED) is 0.230. The molecule has 0 aromatic heterocycles. The van der Waals surface area contributed by atoms with Crippen LogP contribution in [0.4, 0.5) is 5.69 Å². The van der Waals surface area contributed by atoms with E-state index in [4.69, 9.17) is 21.7 Å². The Morgan fingerprint density at radius 3 is 2.86 bits per heavy atom. The van der Waals surface area contributed by atoms with E-state index in [-0.39, 0.29) is 0 Å². The zero-order valence-electron chi connectivity index (χ0n) is 21.7. The number of hydrogen-bond acceptors (Lipinski definition) is 5. The second kappa shape index (κ2) is 15.2. The summed E-state index contributed by atoms with van der Waals surface area (Å²) in [6.45, 7) is 4.52. The van der Waals surface area contributed by atoms with Gasteiger partial charge in [0.25, 0.3) is 0 Å². The van der Waals surface area contributed by atoms with Gasteiger partial charge < -0.3 is 25.0 Å². The SMILES string of the molecule is Cc1cccc(CCCC2COc3ccc(C(N)=O)cc3N(CCCC/C=C/C(O)CCS(O)=S)C2)c1. The normalized spacial score (nSPS) is 17.2. The van der Waals surface area contributed by atoms with Crippen molar-refractivity contribution >= 4 is 32.5 Å². The van der Waals surface area contributed by atoms with E-state index in [9.17, 15) is 14.5 Å². The summed E-state index contributed by atoms with van der Waals surface area (Å²) >= 11 is 4.76. The van der Waals surface area contributed by atoms with E-state index < -0.39 is 21.7 Å². The van der Waals surface area contributed by atoms with Crippen molar-refractivity contribution in [3.63, 3.8) is 0 Å². The van der Waals surface area contributed by atoms with Gasteiger partial charge in [0.15, 0.2) is 0 Å². The van der Waals surface area contributed by atoms with Crippen LogP contribution < -0.4 is 15.4 Å². The largest absolute Gasteiger partial charge is 0.491 e. The van der Waals surface area contributed by atoms with Crippen LogP contribution in [0.25, 0.3) is 0 Å². The van der Waals surface area contributed by atoms with E-state index in [1.807, 2.05) is 18.2 Å². The number of aryl methyl sites for hydroxylation is 2. The number of carbonyl (C=O) groups is 1. The smallest absolute Gasteiger partial charge is 0.248 e. The molecule has 1 heterocycles. The van der Waals surface area contributed by atoms with Gasteiger partial charge >= 0.3 is 0 Å². The number of anilines is 1. The molecule has 2 aromatic rings. The van der Waals surface area contributed by atoms with Crippen molar-refractivity contribution in [2.24, 2.45) is 11.7 Å². The van der Waals surface area contributed by atoms with Crippen LogP contribution in [0.2, 0.25) is 0 Å². The van der Waals surface area contributed by atoms with Crippen molar-refractivity contribution in [3.05, 3.63) is 71.3 Å². The van der Waals surface area contributed by atoms with Crippen molar-refractivity contribution in [1.29, 1.82) is 0 Å². The van der Waals surface area contributed by atoms with Crippen LogP contribution in [0.15, 0.2) is 54.6 Å². The van der Waals surface area contributed by atoms with E-state index in [1.54, 1.807) is 12.1 Å². The molecule has 202 valence electrons. The molecule has 0 bridgehead atoms. The molecule has 0 fully saturated rings. The second-order valence-corrected chi connectivity index (χ2v) is 12.1. The molecule has 3 rings (SSSR count). The number of ether oxygens (including phenoxy) is 1. The van der Waals surface area contributed by atoms with Gasteiger partial charge in [-0.2, -0.15) is 0 Å². The van der Waals surface area contributed by atoms with Gasteiger partial charge in [-0.3, -0.25) is 4.79 Å². The summed E-state index contributed by atoms with van der Waals surface area (Å²) < 4.78 is 15.4. The number of aliphatic hydroxyl groups excluding tert-OH is 1. The molecule has 0 saturated carbocycles. The number of aliphatic hydroxyl groups is 1. The lowest BCUT2D eigenvalue weighted by Crippen LogP contribution is -2.31. The lowest BCUT2D eigenvalue weighted by atomic mass is 9.98. The van der Waals surface area contributed by atoms with Crippen molar-refractivity contribution in [1.82, 2.24) is 0 Å². The maximum Gasteiger partial charge on any atom is 0.248 e. The number of allylic oxidation sites excluding steroid dienone is 1. The molecule has 3 unspecified atom stereocenters. The number of fused-ring (bicyclic) bond motifs is 1. The number of nitrogens with zero attached hydrogens (tertiary/aromatic N) is 1. The van der Waals surface area contributed by atoms with Gasteiger partial charge in [-0.25, -0.2) is 0 Å². The van der Waals surface area contributed by atoms with Gasteiger partial charge in [0.05, 0.1) is 18.4 Å². The van der Waals surface area contributed by atoms with E-state index in [0.717, 1.165) is 63.1 Å².